The van der Waals surface area contributed by atoms with E-state index < -0.39 is 18.7 Å². The van der Waals surface area contributed by atoms with Crippen LogP contribution in [0.2, 0.25) is 0 Å². The summed E-state index contributed by atoms with van der Waals surface area (Å²) in [5.41, 5.74) is 0. The van der Waals surface area contributed by atoms with Crippen LogP contribution >= 0.6 is 11.8 Å². The monoisotopic (exact) mass is 299 g/mol. The molecule has 0 bridgehead atoms. The number of halogens is 3. The highest BCUT2D eigenvalue weighted by atomic mass is 32.2. The van der Waals surface area contributed by atoms with Crippen molar-refractivity contribution in [2.24, 2.45) is 0 Å². The summed E-state index contributed by atoms with van der Waals surface area (Å²) in [6.45, 7) is 3.08. The molecular weight excluding hydrogens is 279 g/mol. The number of rotatable bonds is 3. The van der Waals surface area contributed by atoms with Gasteiger partial charge in [-0.1, -0.05) is 0 Å². The number of aliphatic hydroxyl groups excluding tert-OH is 1. The molecule has 0 aliphatic carbocycles. The van der Waals surface area contributed by atoms with Crippen molar-refractivity contribution in [3.8, 4) is 0 Å². The van der Waals surface area contributed by atoms with Crippen LogP contribution in [0.4, 0.5) is 13.2 Å². The lowest BCUT2D eigenvalue weighted by atomic mass is 9.97. The molecule has 1 N–H and O–H groups in total. The van der Waals surface area contributed by atoms with E-state index in [1.54, 1.807) is 0 Å². The zero-order valence-electron chi connectivity index (χ0n) is 10.8. The van der Waals surface area contributed by atoms with Gasteiger partial charge in [0.05, 0.1) is 12.5 Å². The van der Waals surface area contributed by atoms with E-state index in [0.29, 0.717) is 0 Å². The summed E-state index contributed by atoms with van der Waals surface area (Å²) >= 11 is 1.90. The first-order valence-electron chi connectivity index (χ1n) is 6.57. The first kappa shape index (κ1) is 15.4. The Labute approximate surface area is 115 Å². The molecule has 0 radical (unpaired) electrons. The number of hydrogen-bond acceptors (Lipinski definition) is 4. The third-order valence-corrected chi connectivity index (χ3v) is 5.20. The van der Waals surface area contributed by atoms with Gasteiger partial charge in [-0.3, -0.25) is 4.90 Å². The Morgan fingerprint density at radius 2 is 2.00 bits per heavy atom. The fourth-order valence-electron chi connectivity index (χ4n) is 2.75. The Bertz CT molecular complexity index is 290. The van der Waals surface area contributed by atoms with Gasteiger partial charge in [-0.05, 0) is 12.8 Å². The molecule has 0 aromatic heterocycles. The van der Waals surface area contributed by atoms with Crippen molar-refractivity contribution in [3.63, 3.8) is 0 Å². The zero-order chi connectivity index (χ0) is 13.9. The summed E-state index contributed by atoms with van der Waals surface area (Å²) in [6.07, 6.45) is -4.83. The lowest BCUT2D eigenvalue weighted by Gasteiger charge is -2.45. The van der Waals surface area contributed by atoms with Gasteiger partial charge in [0, 0.05) is 43.3 Å². The van der Waals surface area contributed by atoms with Crippen LogP contribution in [0.5, 0.6) is 0 Å². The van der Waals surface area contributed by atoms with Gasteiger partial charge < -0.3 is 9.84 Å². The van der Waals surface area contributed by atoms with Crippen LogP contribution < -0.4 is 0 Å². The van der Waals surface area contributed by atoms with E-state index in [2.05, 4.69) is 0 Å². The SMILES string of the molecule is O[C@H](CN1CCSC2(CCOCC2)C1)CC(F)(F)F. The van der Waals surface area contributed by atoms with E-state index in [4.69, 9.17) is 4.74 Å². The number of β-amino-alcohol motifs (C(OH)–C–C–N with tert-alkyl or cyclic N) is 1. The molecule has 2 aliphatic rings. The van der Waals surface area contributed by atoms with Crippen LogP contribution in [0.1, 0.15) is 19.3 Å². The van der Waals surface area contributed by atoms with Gasteiger partial charge in [0.2, 0.25) is 0 Å². The molecule has 2 rings (SSSR count). The van der Waals surface area contributed by atoms with Gasteiger partial charge >= 0.3 is 6.18 Å². The average molecular weight is 299 g/mol. The number of aliphatic hydroxyl groups is 1. The molecule has 3 nitrogen and oxygen atoms in total. The first-order valence-corrected chi connectivity index (χ1v) is 7.56. The lowest BCUT2D eigenvalue weighted by Crippen LogP contribution is -2.51. The van der Waals surface area contributed by atoms with Crippen LogP contribution in [0, 0.1) is 0 Å². The first-order chi connectivity index (χ1) is 8.89. The highest BCUT2D eigenvalue weighted by Crippen LogP contribution is 2.39. The van der Waals surface area contributed by atoms with Crippen molar-refractivity contribution >= 4 is 11.8 Å². The van der Waals surface area contributed by atoms with Crippen LogP contribution in [-0.4, -0.2) is 65.6 Å². The summed E-state index contributed by atoms with van der Waals surface area (Å²) in [5, 5.41) is 9.53. The molecule has 2 saturated heterocycles. The summed E-state index contributed by atoms with van der Waals surface area (Å²) in [6, 6.07) is 0. The van der Waals surface area contributed by atoms with E-state index in [9.17, 15) is 18.3 Å². The lowest BCUT2D eigenvalue weighted by molar-refractivity contribution is -0.155. The molecular formula is C12H20F3NO2S. The molecule has 0 aromatic rings. The molecule has 2 aliphatic heterocycles. The molecule has 0 unspecified atom stereocenters. The van der Waals surface area contributed by atoms with Crippen molar-refractivity contribution in [2.45, 2.75) is 36.3 Å². The fraction of sp³-hybridized carbons (Fsp3) is 1.00. The molecule has 19 heavy (non-hydrogen) atoms. The maximum Gasteiger partial charge on any atom is 0.391 e. The maximum absolute atomic E-state index is 12.2. The number of thioether (sulfide) groups is 1. The second-order valence-corrected chi connectivity index (χ2v) is 6.92. The molecule has 0 saturated carbocycles. The Morgan fingerprint density at radius 1 is 1.32 bits per heavy atom. The Morgan fingerprint density at radius 3 is 2.63 bits per heavy atom. The van der Waals surface area contributed by atoms with Crippen molar-refractivity contribution in [2.75, 3.05) is 38.6 Å². The predicted octanol–water partition coefficient (Wildman–Crippen LogP) is 1.90. The zero-order valence-corrected chi connectivity index (χ0v) is 11.6. The highest BCUT2D eigenvalue weighted by molar-refractivity contribution is 8.00. The average Bonchev–Trinajstić information content (AvgIpc) is 2.27. The van der Waals surface area contributed by atoms with Crippen molar-refractivity contribution < 1.29 is 23.0 Å². The van der Waals surface area contributed by atoms with Gasteiger partial charge in [-0.15, -0.1) is 0 Å². The number of nitrogens with zero attached hydrogens (tertiary/aromatic N) is 1. The quantitative estimate of drug-likeness (QED) is 0.863. The second-order valence-electron chi connectivity index (χ2n) is 5.35. The van der Waals surface area contributed by atoms with Crippen LogP contribution in [-0.2, 0) is 4.74 Å². The second kappa shape index (κ2) is 6.20. The standard InChI is InChI=1S/C12H20F3NO2S/c13-12(14,15)7-10(17)8-16-3-6-19-11(9-16)1-4-18-5-2-11/h10,17H,1-9H2/t10-/m0/s1. The third kappa shape index (κ3) is 4.81. The smallest absolute Gasteiger partial charge is 0.391 e. The largest absolute Gasteiger partial charge is 0.391 e. The maximum atomic E-state index is 12.2. The molecule has 0 amide bonds. The van der Waals surface area contributed by atoms with E-state index in [1.165, 1.54) is 0 Å². The Kier molecular flexibility index (Phi) is 5.03. The van der Waals surface area contributed by atoms with Gasteiger partial charge in [0.1, 0.15) is 0 Å². The number of alkyl halides is 3. The molecule has 112 valence electrons. The minimum atomic E-state index is -4.29. The molecule has 1 spiro atoms. The topological polar surface area (TPSA) is 32.7 Å². The molecule has 2 heterocycles. The molecule has 2 fully saturated rings. The van der Waals surface area contributed by atoms with Gasteiger partial charge in [0.15, 0.2) is 0 Å². The van der Waals surface area contributed by atoms with E-state index >= 15 is 0 Å². The minimum Gasteiger partial charge on any atom is -0.391 e. The Hall–Kier alpha value is 0.0200. The summed E-state index contributed by atoms with van der Waals surface area (Å²) < 4.78 is 42.1. The molecule has 7 heteroatoms. The van der Waals surface area contributed by atoms with Crippen molar-refractivity contribution in [1.29, 1.82) is 0 Å². The number of ether oxygens (including phenoxy) is 1. The minimum absolute atomic E-state index is 0.114. The van der Waals surface area contributed by atoms with Crippen LogP contribution in [0.15, 0.2) is 0 Å². The fourth-order valence-corrected chi connectivity index (χ4v) is 4.27. The number of hydrogen-bond donors (Lipinski definition) is 1. The molecule has 1 atom stereocenters. The predicted molar refractivity (Wildman–Crippen MR) is 68.4 cm³/mol. The van der Waals surface area contributed by atoms with Crippen molar-refractivity contribution in [3.05, 3.63) is 0 Å². The summed E-state index contributed by atoms with van der Waals surface area (Å²) in [7, 11) is 0. The summed E-state index contributed by atoms with van der Waals surface area (Å²) in [5.74, 6) is 0.915. The van der Waals surface area contributed by atoms with E-state index in [0.717, 1.165) is 44.9 Å². The van der Waals surface area contributed by atoms with Gasteiger partial charge in [0.25, 0.3) is 0 Å². The van der Waals surface area contributed by atoms with Crippen LogP contribution in [0.3, 0.4) is 0 Å². The summed E-state index contributed by atoms with van der Waals surface area (Å²) in [4.78, 5) is 1.97. The van der Waals surface area contributed by atoms with E-state index in [-0.39, 0.29) is 11.3 Å². The van der Waals surface area contributed by atoms with E-state index in [1.807, 2.05) is 16.7 Å². The highest BCUT2D eigenvalue weighted by Gasteiger charge is 2.39. The van der Waals surface area contributed by atoms with Crippen LogP contribution in [0.25, 0.3) is 0 Å². The van der Waals surface area contributed by atoms with Gasteiger partial charge in [-0.25, -0.2) is 0 Å². The third-order valence-electron chi connectivity index (χ3n) is 3.67. The Balaban J connectivity index is 1.83. The van der Waals surface area contributed by atoms with Gasteiger partial charge in [-0.2, -0.15) is 24.9 Å². The van der Waals surface area contributed by atoms with Crippen molar-refractivity contribution in [1.82, 2.24) is 4.90 Å². The normalized spacial score (nSPS) is 26.5. The molecule has 0 aromatic carbocycles.